The maximum Gasteiger partial charge on any atom is 0.338 e. The van der Waals surface area contributed by atoms with Gasteiger partial charge in [-0.3, -0.25) is 19.5 Å². The number of ether oxygens (including phenoxy) is 2. The Labute approximate surface area is 198 Å². The van der Waals surface area contributed by atoms with Crippen LogP contribution in [-0.4, -0.2) is 29.2 Å². The Morgan fingerprint density at radius 2 is 2.00 bits per heavy atom. The first kappa shape index (κ1) is 23.1. The van der Waals surface area contributed by atoms with Crippen molar-refractivity contribution in [1.82, 2.24) is 4.57 Å². The second-order valence-electron chi connectivity index (χ2n) is 7.40. The van der Waals surface area contributed by atoms with Crippen LogP contribution in [-0.2, 0) is 9.53 Å². The van der Waals surface area contributed by atoms with E-state index in [0.29, 0.717) is 31.9 Å². The van der Waals surface area contributed by atoms with Crippen molar-refractivity contribution in [3.63, 3.8) is 0 Å². The van der Waals surface area contributed by atoms with Crippen LogP contribution >= 0.6 is 11.3 Å². The molecule has 0 aliphatic carbocycles. The number of benzene rings is 2. The predicted molar refractivity (Wildman–Crippen MR) is 126 cm³/mol. The zero-order valence-corrected chi connectivity index (χ0v) is 19.5. The van der Waals surface area contributed by atoms with Gasteiger partial charge in [0.2, 0.25) is 0 Å². The van der Waals surface area contributed by atoms with Crippen LogP contribution in [0.2, 0.25) is 0 Å². The lowest BCUT2D eigenvalue weighted by Crippen LogP contribution is -2.39. The molecule has 2 aromatic carbocycles. The zero-order valence-electron chi connectivity index (χ0n) is 18.7. The third-order valence-electron chi connectivity index (χ3n) is 5.34. The minimum absolute atomic E-state index is 0.123. The maximum absolute atomic E-state index is 13.6. The Balaban J connectivity index is 1.97. The fraction of sp³-hybridized carbons (Fsp3) is 0.208. The molecule has 34 heavy (non-hydrogen) atoms. The number of non-ortho nitro benzene ring substituents is 1. The summed E-state index contributed by atoms with van der Waals surface area (Å²) < 4.78 is 12.4. The summed E-state index contributed by atoms with van der Waals surface area (Å²) in [7, 11) is 1.45. The lowest BCUT2D eigenvalue weighted by molar-refractivity contribution is -0.384. The quantitative estimate of drug-likeness (QED) is 0.305. The summed E-state index contributed by atoms with van der Waals surface area (Å²) in [5.74, 6) is -0.147. The van der Waals surface area contributed by atoms with Gasteiger partial charge in [-0.15, -0.1) is 0 Å². The van der Waals surface area contributed by atoms with Crippen LogP contribution in [0.4, 0.5) is 5.69 Å². The number of nitrogens with zero attached hydrogens (tertiary/aromatic N) is 3. The van der Waals surface area contributed by atoms with E-state index in [1.807, 2.05) is 30.3 Å². The molecular formula is C24H21N3O6S. The van der Waals surface area contributed by atoms with Gasteiger partial charge in [-0.2, -0.15) is 0 Å². The SMILES string of the molecule is CCOC(=O)C1=C(C)N=c2s/c(=C/c3cc([N+](=O)[O-])ccc3OC)c(=O)n2[C@@H]1c1ccccc1. The third kappa shape index (κ3) is 4.15. The van der Waals surface area contributed by atoms with Crippen molar-refractivity contribution in [2.45, 2.75) is 19.9 Å². The number of esters is 1. The van der Waals surface area contributed by atoms with Gasteiger partial charge < -0.3 is 9.47 Å². The Kier molecular flexibility index (Phi) is 6.42. The topological polar surface area (TPSA) is 113 Å². The molecule has 0 spiro atoms. The predicted octanol–water partition coefficient (Wildman–Crippen LogP) is 2.72. The number of methoxy groups -OCH3 is 1. The highest BCUT2D eigenvalue weighted by Gasteiger charge is 2.33. The van der Waals surface area contributed by atoms with Crippen LogP contribution in [0.15, 0.2) is 69.6 Å². The van der Waals surface area contributed by atoms with E-state index < -0.39 is 16.9 Å². The molecule has 0 unspecified atom stereocenters. The third-order valence-corrected chi connectivity index (χ3v) is 6.33. The number of allylic oxidation sites excluding steroid dienone is 1. The fourth-order valence-electron chi connectivity index (χ4n) is 3.83. The van der Waals surface area contributed by atoms with Crippen molar-refractivity contribution in [3.8, 4) is 5.75 Å². The number of thiazole rings is 1. The number of carbonyl (C=O) groups excluding carboxylic acids is 1. The molecule has 9 nitrogen and oxygen atoms in total. The number of rotatable bonds is 6. The average molecular weight is 480 g/mol. The van der Waals surface area contributed by atoms with E-state index in [9.17, 15) is 19.7 Å². The Morgan fingerprint density at radius 1 is 1.26 bits per heavy atom. The van der Waals surface area contributed by atoms with E-state index in [4.69, 9.17) is 9.47 Å². The van der Waals surface area contributed by atoms with Crippen molar-refractivity contribution in [2.24, 2.45) is 4.99 Å². The highest BCUT2D eigenvalue weighted by atomic mass is 32.1. The Bertz CT molecular complexity index is 1490. The van der Waals surface area contributed by atoms with Crippen LogP contribution < -0.4 is 19.6 Å². The smallest absolute Gasteiger partial charge is 0.338 e. The summed E-state index contributed by atoms with van der Waals surface area (Å²) >= 11 is 1.14. The molecule has 0 N–H and O–H groups in total. The number of nitro benzene ring substituents is 1. The summed E-state index contributed by atoms with van der Waals surface area (Å²) in [6, 6.07) is 12.6. The van der Waals surface area contributed by atoms with E-state index >= 15 is 0 Å². The van der Waals surface area contributed by atoms with E-state index in [2.05, 4.69) is 4.99 Å². The first-order chi connectivity index (χ1) is 16.3. The average Bonchev–Trinajstić information content (AvgIpc) is 3.13. The number of fused-ring (bicyclic) bond motifs is 1. The van der Waals surface area contributed by atoms with E-state index in [1.165, 1.54) is 29.9 Å². The largest absolute Gasteiger partial charge is 0.496 e. The highest BCUT2D eigenvalue weighted by Crippen LogP contribution is 2.30. The van der Waals surface area contributed by atoms with Gasteiger partial charge in [-0.05, 0) is 31.6 Å². The first-order valence-electron chi connectivity index (χ1n) is 10.4. The van der Waals surface area contributed by atoms with E-state index in [-0.39, 0.29) is 17.9 Å². The molecule has 174 valence electrons. The molecule has 0 saturated carbocycles. The van der Waals surface area contributed by atoms with Gasteiger partial charge in [0.25, 0.3) is 11.2 Å². The van der Waals surface area contributed by atoms with Crippen LogP contribution in [0.3, 0.4) is 0 Å². The normalized spacial score (nSPS) is 15.5. The monoisotopic (exact) mass is 479 g/mol. The zero-order chi connectivity index (χ0) is 24.4. The van der Waals surface area contributed by atoms with Gasteiger partial charge >= 0.3 is 5.97 Å². The molecule has 1 aromatic heterocycles. The van der Waals surface area contributed by atoms with Crippen molar-refractivity contribution in [1.29, 1.82) is 0 Å². The molecule has 2 heterocycles. The van der Waals surface area contributed by atoms with Crippen LogP contribution in [0.1, 0.15) is 31.0 Å². The van der Waals surface area contributed by atoms with Gasteiger partial charge in [0.05, 0.1) is 40.5 Å². The molecule has 0 radical (unpaired) electrons. The molecule has 0 saturated heterocycles. The number of aromatic nitrogens is 1. The van der Waals surface area contributed by atoms with Gasteiger partial charge in [0.15, 0.2) is 4.80 Å². The molecule has 3 aromatic rings. The van der Waals surface area contributed by atoms with Crippen molar-refractivity contribution in [3.05, 3.63) is 101 Å². The maximum atomic E-state index is 13.6. The number of nitro groups is 1. The molecule has 1 atom stereocenters. The summed E-state index contributed by atoms with van der Waals surface area (Å²) in [4.78, 5) is 42.1. The molecular weight excluding hydrogens is 458 g/mol. The van der Waals surface area contributed by atoms with Crippen molar-refractivity contribution < 1.29 is 19.2 Å². The lowest BCUT2D eigenvalue weighted by Gasteiger charge is -2.24. The molecule has 1 aliphatic rings. The second-order valence-corrected chi connectivity index (χ2v) is 8.41. The molecule has 0 bridgehead atoms. The number of hydrogen-bond donors (Lipinski definition) is 0. The number of hydrogen-bond acceptors (Lipinski definition) is 8. The van der Waals surface area contributed by atoms with E-state index in [1.54, 1.807) is 19.9 Å². The summed E-state index contributed by atoms with van der Waals surface area (Å²) in [5.41, 5.74) is 1.39. The van der Waals surface area contributed by atoms with E-state index in [0.717, 1.165) is 16.9 Å². The van der Waals surface area contributed by atoms with Crippen LogP contribution in [0, 0.1) is 10.1 Å². The first-order valence-corrected chi connectivity index (χ1v) is 11.2. The minimum atomic E-state index is -0.717. The van der Waals surface area contributed by atoms with Crippen LogP contribution in [0.5, 0.6) is 5.75 Å². The van der Waals surface area contributed by atoms with Gasteiger partial charge in [-0.25, -0.2) is 9.79 Å². The van der Waals surface area contributed by atoms with Gasteiger partial charge in [-0.1, -0.05) is 41.7 Å². The summed E-state index contributed by atoms with van der Waals surface area (Å²) in [6.45, 7) is 3.62. The minimum Gasteiger partial charge on any atom is -0.496 e. The standard InChI is InChI=1S/C24H21N3O6S/c1-4-33-23(29)20-14(2)25-24-26(21(20)15-8-6-5-7-9-15)22(28)19(34-24)13-16-12-17(27(30)31)10-11-18(16)32-3/h5-13,21H,4H2,1-3H3/b19-13+/t21-/m1/s1. The molecule has 10 heteroatoms. The molecule has 1 aliphatic heterocycles. The Hall–Kier alpha value is -4.05. The highest BCUT2D eigenvalue weighted by molar-refractivity contribution is 7.07. The molecule has 0 amide bonds. The molecule has 4 rings (SSSR count). The van der Waals surface area contributed by atoms with Crippen molar-refractivity contribution >= 4 is 29.1 Å². The van der Waals surface area contributed by atoms with Crippen LogP contribution in [0.25, 0.3) is 6.08 Å². The van der Waals surface area contributed by atoms with Gasteiger partial charge in [0.1, 0.15) is 5.75 Å². The second kappa shape index (κ2) is 9.44. The fourth-order valence-corrected chi connectivity index (χ4v) is 4.87. The summed E-state index contributed by atoms with van der Waals surface area (Å²) in [5, 5.41) is 11.2. The lowest BCUT2D eigenvalue weighted by atomic mass is 9.96. The Morgan fingerprint density at radius 3 is 2.65 bits per heavy atom. The summed E-state index contributed by atoms with van der Waals surface area (Å²) in [6.07, 6.45) is 1.54. The van der Waals surface area contributed by atoms with Gasteiger partial charge in [0, 0.05) is 17.7 Å². The van der Waals surface area contributed by atoms with Crippen molar-refractivity contribution in [2.75, 3.05) is 13.7 Å². The number of carbonyl (C=O) groups is 1. The molecule has 0 fully saturated rings.